The molecule has 0 saturated carbocycles. The van der Waals surface area contributed by atoms with E-state index >= 15 is 0 Å². The molecule has 2 rings (SSSR count). The van der Waals surface area contributed by atoms with Gasteiger partial charge in [-0.05, 0) is 42.0 Å². The number of rotatable bonds is 0. The van der Waals surface area contributed by atoms with Crippen LogP contribution in [0, 0.1) is 13.8 Å². The first kappa shape index (κ1) is 10.7. The number of hydrogen-bond donors (Lipinski definition) is 0. The Labute approximate surface area is 95.3 Å². The van der Waals surface area contributed by atoms with Crippen LogP contribution in [0.25, 0.3) is 0 Å². The van der Waals surface area contributed by atoms with Crippen molar-refractivity contribution >= 4 is 16.9 Å². The highest BCUT2D eigenvalue weighted by atomic mass is 32.2. The summed E-state index contributed by atoms with van der Waals surface area (Å²) < 4.78 is 0. The minimum Gasteiger partial charge on any atom is -0.287 e. The van der Waals surface area contributed by atoms with Crippen LogP contribution < -0.4 is 0 Å². The van der Waals surface area contributed by atoms with Crippen molar-refractivity contribution in [2.75, 3.05) is 0 Å². The van der Waals surface area contributed by atoms with E-state index in [9.17, 15) is 4.79 Å². The zero-order chi connectivity index (χ0) is 11.2. The quantitative estimate of drug-likeness (QED) is 0.664. The number of carbonyl (C=O) groups excluding carboxylic acids is 1. The van der Waals surface area contributed by atoms with Gasteiger partial charge < -0.3 is 0 Å². The van der Waals surface area contributed by atoms with Crippen LogP contribution in [-0.4, -0.2) is 5.12 Å². The van der Waals surface area contributed by atoms with Crippen LogP contribution in [0.1, 0.15) is 37.0 Å². The molecule has 1 nitrogen and oxygen atoms in total. The molecule has 80 valence electrons. The van der Waals surface area contributed by atoms with E-state index in [-0.39, 0.29) is 10.5 Å². The fourth-order valence-corrected chi connectivity index (χ4v) is 3.95. The summed E-state index contributed by atoms with van der Waals surface area (Å²) in [6.07, 6.45) is 0.647. The van der Waals surface area contributed by atoms with Gasteiger partial charge in [0.15, 0.2) is 5.12 Å². The fraction of sp³-hybridized carbons (Fsp3) is 0.462. The van der Waals surface area contributed by atoms with Crippen molar-refractivity contribution in [2.45, 2.75) is 44.4 Å². The Morgan fingerprint density at radius 1 is 1.27 bits per heavy atom. The van der Waals surface area contributed by atoms with Crippen molar-refractivity contribution in [1.29, 1.82) is 0 Å². The lowest BCUT2D eigenvalue weighted by Crippen LogP contribution is -2.26. The van der Waals surface area contributed by atoms with Crippen molar-refractivity contribution in [3.63, 3.8) is 0 Å². The van der Waals surface area contributed by atoms with Gasteiger partial charge in [0.2, 0.25) is 0 Å². The molecule has 0 unspecified atom stereocenters. The van der Waals surface area contributed by atoms with E-state index in [1.165, 1.54) is 28.5 Å². The highest BCUT2D eigenvalue weighted by Crippen LogP contribution is 2.44. The molecule has 1 aliphatic heterocycles. The SMILES string of the molecule is Cc1cc(C)c2c(c1)SC(=O)CC2(C)C. The number of carbonyl (C=O) groups is 1. The monoisotopic (exact) mass is 220 g/mol. The van der Waals surface area contributed by atoms with Gasteiger partial charge in [-0.3, -0.25) is 4.79 Å². The third-order valence-corrected chi connectivity index (χ3v) is 3.84. The van der Waals surface area contributed by atoms with E-state index in [2.05, 4.69) is 39.8 Å². The molecule has 1 aromatic carbocycles. The zero-order valence-electron chi connectivity index (χ0n) is 9.68. The maximum atomic E-state index is 11.6. The van der Waals surface area contributed by atoms with Crippen LogP contribution in [-0.2, 0) is 10.2 Å². The highest BCUT2D eigenvalue weighted by Gasteiger charge is 2.33. The molecule has 0 bridgehead atoms. The van der Waals surface area contributed by atoms with Crippen molar-refractivity contribution in [3.8, 4) is 0 Å². The fourth-order valence-electron chi connectivity index (χ4n) is 2.48. The van der Waals surface area contributed by atoms with Gasteiger partial charge >= 0.3 is 0 Å². The molecule has 0 amide bonds. The summed E-state index contributed by atoms with van der Waals surface area (Å²) in [5.74, 6) is 0. The highest BCUT2D eigenvalue weighted by molar-refractivity contribution is 8.13. The van der Waals surface area contributed by atoms with Gasteiger partial charge in [0.1, 0.15) is 0 Å². The first-order chi connectivity index (χ1) is 6.90. The molecular weight excluding hydrogens is 204 g/mol. The minimum atomic E-state index is -0.00451. The predicted molar refractivity (Wildman–Crippen MR) is 64.4 cm³/mol. The molecule has 15 heavy (non-hydrogen) atoms. The van der Waals surface area contributed by atoms with Gasteiger partial charge in [-0.25, -0.2) is 0 Å². The van der Waals surface area contributed by atoms with Crippen LogP contribution in [0.4, 0.5) is 0 Å². The first-order valence-corrected chi connectivity index (χ1v) is 6.04. The number of benzene rings is 1. The lowest BCUT2D eigenvalue weighted by Gasteiger charge is -2.32. The Balaban J connectivity index is 2.67. The second-order valence-corrected chi connectivity index (χ2v) is 6.09. The summed E-state index contributed by atoms with van der Waals surface area (Å²) in [5.41, 5.74) is 3.91. The van der Waals surface area contributed by atoms with Crippen LogP contribution in [0.5, 0.6) is 0 Å². The molecule has 0 fully saturated rings. The second-order valence-electron chi connectivity index (χ2n) is 4.99. The molecule has 0 aliphatic carbocycles. The van der Waals surface area contributed by atoms with Crippen LogP contribution in [0.2, 0.25) is 0 Å². The Kier molecular flexibility index (Phi) is 2.42. The number of fused-ring (bicyclic) bond motifs is 1. The van der Waals surface area contributed by atoms with E-state index in [0.29, 0.717) is 6.42 Å². The molecule has 1 aliphatic rings. The molecule has 1 heterocycles. The van der Waals surface area contributed by atoms with Gasteiger partial charge in [0, 0.05) is 11.3 Å². The van der Waals surface area contributed by atoms with Crippen molar-refractivity contribution in [1.82, 2.24) is 0 Å². The Bertz CT molecular complexity index is 432. The van der Waals surface area contributed by atoms with E-state index in [1.54, 1.807) is 0 Å². The van der Waals surface area contributed by atoms with Crippen molar-refractivity contribution in [2.24, 2.45) is 0 Å². The smallest absolute Gasteiger partial charge is 0.194 e. The average molecular weight is 220 g/mol. The predicted octanol–water partition coefficient (Wildman–Crippen LogP) is 3.60. The minimum absolute atomic E-state index is 0.00451. The number of hydrogen-bond acceptors (Lipinski definition) is 2. The van der Waals surface area contributed by atoms with Crippen LogP contribution >= 0.6 is 11.8 Å². The Morgan fingerprint density at radius 2 is 1.93 bits per heavy atom. The zero-order valence-corrected chi connectivity index (χ0v) is 10.5. The molecule has 0 radical (unpaired) electrons. The lowest BCUT2D eigenvalue weighted by molar-refractivity contribution is -0.112. The lowest BCUT2D eigenvalue weighted by atomic mass is 9.79. The topological polar surface area (TPSA) is 17.1 Å². The van der Waals surface area contributed by atoms with Gasteiger partial charge in [-0.15, -0.1) is 0 Å². The Morgan fingerprint density at radius 3 is 2.60 bits per heavy atom. The molecule has 0 atom stereocenters. The van der Waals surface area contributed by atoms with E-state index in [0.717, 1.165) is 4.90 Å². The molecular formula is C13H16OS. The van der Waals surface area contributed by atoms with E-state index < -0.39 is 0 Å². The van der Waals surface area contributed by atoms with E-state index in [4.69, 9.17) is 0 Å². The third-order valence-electron chi connectivity index (χ3n) is 2.93. The second kappa shape index (κ2) is 3.38. The summed E-state index contributed by atoms with van der Waals surface area (Å²) in [4.78, 5) is 12.8. The normalized spacial score (nSPS) is 18.8. The van der Waals surface area contributed by atoms with Gasteiger partial charge in [-0.2, -0.15) is 0 Å². The van der Waals surface area contributed by atoms with Gasteiger partial charge in [0.05, 0.1) is 0 Å². The largest absolute Gasteiger partial charge is 0.287 e. The molecule has 1 aromatic rings. The maximum Gasteiger partial charge on any atom is 0.194 e. The first-order valence-electron chi connectivity index (χ1n) is 5.22. The third kappa shape index (κ3) is 1.83. The molecule has 0 saturated heterocycles. The van der Waals surface area contributed by atoms with Crippen LogP contribution in [0.15, 0.2) is 17.0 Å². The molecule has 0 N–H and O–H groups in total. The summed E-state index contributed by atoms with van der Waals surface area (Å²) >= 11 is 1.40. The van der Waals surface area contributed by atoms with Crippen molar-refractivity contribution < 1.29 is 4.79 Å². The van der Waals surface area contributed by atoms with Crippen LogP contribution in [0.3, 0.4) is 0 Å². The van der Waals surface area contributed by atoms with Crippen molar-refractivity contribution in [3.05, 3.63) is 28.8 Å². The summed E-state index contributed by atoms with van der Waals surface area (Å²) in [7, 11) is 0. The summed E-state index contributed by atoms with van der Waals surface area (Å²) in [6, 6.07) is 4.34. The molecule has 2 heteroatoms. The van der Waals surface area contributed by atoms with E-state index in [1.807, 2.05) is 0 Å². The van der Waals surface area contributed by atoms with Gasteiger partial charge in [-0.1, -0.05) is 31.7 Å². The summed E-state index contributed by atoms with van der Waals surface area (Å²) in [5, 5.41) is 0.289. The standard InChI is InChI=1S/C13H16OS/c1-8-5-9(2)12-10(6-8)15-11(14)7-13(12,3)4/h5-6H,7H2,1-4H3. The molecule has 0 aromatic heterocycles. The average Bonchev–Trinajstić information content (AvgIpc) is 1.97. The van der Waals surface area contributed by atoms with Gasteiger partial charge in [0.25, 0.3) is 0 Å². The Hall–Kier alpha value is -0.760. The molecule has 0 spiro atoms. The number of aryl methyl sites for hydroxylation is 2. The maximum absolute atomic E-state index is 11.6. The number of thioether (sulfide) groups is 1. The summed E-state index contributed by atoms with van der Waals surface area (Å²) in [6.45, 7) is 8.54.